The van der Waals surface area contributed by atoms with Gasteiger partial charge in [-0.2, -0.15) is 0 Å². The maximum atomic E-state index is 13.2. The molecule has 0 atom stereocenters. The van der Waals surface area contributed by atoms with Crippen LogP contribution in [-0.4, -0.2) is 20.2 Å². The molecule has 2 N–H and O–H groups in total. The molecule has 0 aliphatic carbocycles. The van der Waals surface area contributed by atoms with Crippen LogP contribution in [0, 0.1) is 6.92 Å². The molecule has 8 heteroatoms. The lowest BCUT2D eigenvalue weighted by atomic mass is 10.0. The zero-order valence-electron chi connectivity index (χ0n) is 18.1. The van der Waals surface area contributed by atoms with Crippen molar-refractivity contribution in [2.24, 2.45) is 0 Å². The van der Waals surface area contributed by atoms with Crippen LogP contribution in [0.2, 0.25) is 0 Å². The SMILES string of the molecule is CC(=O)NS(=O)(=O)c1ccc(NC(=O)c2sc3ccccc3c2Cc2ccc(C)cc2)cc1. The topological polar surface area (TPSA) is 92.3 Å². The van der Waals surface area contributed by atoms with E-state index in [4.69, 9.17) is 0 Å². The molecular weight excluding hydrogens is 456 g/mol. The second-order valence-electron chi connectivity index (χ2n) is 7.71. The summed E-state index contributed by atoms with van der Waals surface area (Å²) in [5, 5.41) is 3.91. The van der Waals surface area contributed by atoms with Gasteiger partial charge in [0.15, 0.2) is 0 Å². The Morgan fingerprint density at radius 2 is 1.58 bits per heavy atom. The quantitative estimate of drug-likeness (QED) is 0.413. The summed E-state index contributed by atoms with van der Waals surface area (Å²) in [7, 11) is -3.93. The zero-order valence-corrected chi connectivity index (χ0v) is 19.7. The monoisotopic (exact) mass is 478 g/mol. The minimum absolute atomic E-state index is 0.0578. The molecule has 0 unspecified atom stereocenters. The second-order valence-corrected chi connectivity index (χ2v) is 10.4. The Kier molecular flexibility index (Phi) is 6.31. The van der Waals surface area contributed by atoms with Crippen LogP contribution >= 0.6 is 11.3 Å². The highest BCUT2D eigenvalue weighted by Crippen LogP contribution is 2.33. The lowest BCUT2D eigenvalue weighted by Gasteiger charge is -2.09. The first-order valence-corrected chi connectivity index (χ1v) is 12.5. The summed E-state index contributed by atoms with van der Waals surface area (Å²) < 4.78 is 27.2. The number of thiophene rings is 1. The number of anilines is 1. The Morgan fingerprint density at radius 1 is 0.909 bits per heavy atom. The van der Waals surface area contributed by atoms with Crippen LogP contribution in [0.25, 0.3) is 10.1 Å². The van der Waals surface area contributed by atoms with Crippen LogP contribution in [-0.2, 0) is 21.2 Å². The number of aryl methyl sites for hydroxylation is 1. The molecule has 168 valence electrons. The third-order valence-electron chi connectivity index (χ3n) is 5.11. The van der Waals surface area contributed by atoms with Gasteiger partial charge >= 0.3 is 0 Å². The van der Waals surface area contributed by atoms with Gasteiger partial charge < -0.3 is 5.32 Å². The van der Waals surface area contributed by atoms with Gasteiger partial charge in [0.1, 0.15) is 0 Å². The van der Waals surface area contributed by atoms with Crippen LogP contribution in [0.1, 0.15) is 33.3 Å². The fourth-order valence-corrected chi connectivity index (χ4v) is 5.63. The standard InChI is InChI=1S/C25H22N2O4S2/c1-16-7-9-18(10-8-16)15-22-21-5-3-4-6-23(21)32-24(22)25(29)26-19-11-13-20(14-12-19)33(30,31)27-17(2)28/h3-14H,15H2,1-2H3,(H,26,29)(H,27,28). The van der Waals surface area contributed by atoms with Gasteiger partial charge in [0, 0.05) is 17.3 Å². The van der Waals surface area contributed by atoms with Crippen molar-refractivity contribution in [3.05, 3.63) is 94.4 Å². The van der Waals surface area contributed by atoms with Gasteiger partial charge in [-0.25, -0.2) is 13.1 Å². The molecular formula is C25H22N2O4S2. The normalized spacial score (nSPS) is 11.3. The Bertz CT molecular complexity index is 1440. The molecule has 0 spiro atoms. The van der Waals surface area contributed by atoms with Crippen LogP contribution in [0.4, 0.5) is 5.69 Å². The molecule has 0 saturated heterocycles. The van der Waals surface area contributed by atoms with E-state index in [0.717, 1.165) is 28.1 Å². The van der Waals surface area contributed by atoms with E-state index in [1.165, 1.54) is 41.2 Å². The van der Waals surface area contributed by atoms with Crippen molar-refractivity contribution in [3.8, 4) is 0 Å². The lowest BCUT2D eigenvalue weighted by Crippen LogP contribution is -2.28. The molecule has 4 aromatic rings. The predicted molar refractivity (Wildman–Crippen MR) is 131 cm³/mol. The Morgan fingerprint density at radius 3 is 2.24 bits per heavy atom. The van der Waals surface area contributed by atoms with E-state index >= 15 is 0 Å². The molecule has 4 rings (SSSR count). The van der Waals surface area contributed by atoms with Crippen LogP contribution < -0.4 is 10.0 Å². The molecule has 6 nitrogen and oxygen atoms in total. The number of rotatable bonds is 6. The van der Waals surface area contributed by atoms with Gasteiger partial charge in [-0.05, 0) is 60.2 Å². The van der Waals surface area contributed by atoms with E-state index in [9.17, 15) is 18.0 Å². The molecule has 1 heterocycles. The Labute approximate surface area is 196 Å². The molecule has 0 saturated carbocycles. The number of fused-ring (bicyclic) bond motifs is 1. The summed E-state index contributed by atoms with van der Waals surface area (Å²) in [6, 6.07) is 21.9. The van der Waals surface area contributed by atoms with Crippen molar-refractivity contribution >= 4 is 48.9 Å². The molecule has 0 radical (unpaired) electrons. The van der Waals surface area contributed by atoms with Crippen molar-refractivity contribution in [3.63, 3.8) is 0 Å². The van der Waals surface area contributed by atoms with Gasteiger partial charge in [0.2, 0.25) is 5.91 Å². The van der Waals surface area contributed by atoms with E-state index in [2.05, 4.69) is 29.6 Å². The lowest BCUT2D eigenvalue weighted by molar-refractivity contribution is -0.117. The van der Waals surface area contributed by atoms with Crippen LogP contribution in [0.3, 0.4) is 0 Å². The van der Waals surface area contributed by atoms with Crippen molar-refractivity contribution in [2.75, 3.05) is 5.32 Å². The number of hydrogen-bond donors (Lipinski definition) is 2. The molecule has 0 fully saturated rings. The summed E-state index contributed by atoms with van der Waals surface area (Å²) in [6.07, 6.45) is 0.626. The highest BCUT2D eigenvalue weighted by molar-refractivity contribution is 7.90. The summed E-state index contributed by atoms with van der Waals surface area (Å²) in [5.74, 6) is -0.922. The zero-order chi connectivity index (χ0) is 23.6. The molecule has 33 heavy (non-hydrogen) atoms. The Hall–Kier alpha value is -3.49. The van der Waals surface area contributed by atoms with E-state index in [1.54, 1.807) is 0 Å². The first-order valence-electron chi connectivity index (χ1n) is 10.2. The molecule has 3 aromatic carbocycles. The van der Waals surface area contributed by atoms with Crippen molar-refractivity contribution < 1.29 is 18.0 Å². The number of amides is 2. The third-order valence-corrected chi connectivity index (χ3v) is 7.77. The van der Waals surface area contributed by atoms with Gasteiger partial charge in [-0.15, -0.1) is 11.3 Å². The van der Waals surface area contributed by atoms with Crippen molar-refractivity contribution in [1.29, 1.82) is 0 Å². The number of sulfonamides is 1. The summed E-state index contributed by atoms with van der Waals surface area (Å²) in [6.45, 7) is 3.17. The smallest absolute Gasteiger partial charge is 0.266 e. The van der Waals surface area contributed by atoms with E-state index in [0.29, 0.717) is 17.0 Å². The first kappa shape index (κ1) is 22.7. The van der Waals surface area contributed by atoms with Gasteiger partial charge in [0.05, 0.1) is 9.77 Å². The fourth-order valence-electron chi connectivity index (χ4n) is 3.52. The summed E-state index contributed by atoms with van der Waals surface area (Å²) in [5.41, 5.74) is 3.71. The van der Waals surface area contributed by atoms with Crippen molar-refractivity contribution in [2.45, 2.75) is 25.2 Å². The molecule has 1 aromatic heterocycles. The number of benzene rings is 3. The average Bonchev–Trinajstić information content (AvgIpc) is 3.13. The molecule has 0 aliphatic rings. The first-order chi connectivity index (χ1) is 15.7. The summed E-state index contributed by atoms with van der Waals surface area (Å²) >= 11 is 1.43. The molecule has 0 bridgehead atoms. The number of hydrogen-bond acceptors (Lipinski definition) is 5. The van der Waals surface area contributed by atoms with Crippen LogP contribution in [0.5, 0.6) is 0 Å². The van der Waals surface area contributed by atoms with E-state index in [1.807, 2.05) is 35.9 Å². The van der Waals surface area contributed by atoms with E-state index < -0.39 is 15.9 Å². The summed E-state index contributed by atoms with van der Waals surface area (Å²) in [4.78, 5) is 24.9. The fraction of sp³-hybridized carbons (Fsp3) is 0.120. The maximum absolute atomic E-state index is 13.2. The highest BCUT2D eigenvalue weighted by Gasteiger charge is 2.20. The predicted octanol–water partition coefficient (Wildman–Crippen LogP) is 4.88. The minimum Gasteiger partial charge on any atom is -0.321 e. The van der Waals surface area contributed by atoms with Crippen LogP contribution in [0.15, 0.2) is 77.7 Å². The Balaban J connectivity index is 1.62. The van der Waals surface area contributed by atoms with E-state index in [-0.39, 0.29) is 10.8 Å². The van der Waals surface area contributed by atoms with Gasteiger partial charge in [-0.1, -0.05) is 48.0 Å². The van der Waals surface area contributed by atoms with Gasteiger partial charge in [-0.3, -0.25) is 9.59 Å². The maximum Gasteiger partial charge on any atom is 0.266 e. The molecule has 2 amide bonds. The number of nitrogens with one attached hydrogen (secondary N) is 2. The van der Waals surface area contributed by atoms with Crippen molar-refractivity contribution in [1.82, 2.24) is 4.72 Å². The number of carbonyl (C=O) groups is 2. The minimum atomic E-state index is -3.93. The highest BCUT2D eigenvalue weighted by atomic mass is 32.2. The third kappa shape index (κ3) is 5.13. The average molecular weight is 479 g/mol. The largest absolute Gasteiger partial charge is 0.321 e. The molecule has 0 aliphatic heterocycles. The van der Waals surface area contributed by atoms with Gasteiger partial charge in [0.25, 0.3) is 15.9 Å². The number of carbonyl (C=O) groups excluding carboxylic acids is 2. The second kappa shape index (κ2) is 9.17.